The molecular weight excluding hydrogens is 362 g/mol. The molecule has 8 heteroatoms. The first-order valence-corrected chi connectivity index (χ1v) is 9.90. The monoisotopic (exact) mass is 389 g/mol. The maximum atomic E-state index is 12.7. The number of esters is 1. The molecule has 1 aromatic rings. The molecule has 0 unspecified atom stereocenters. The lowest BCUT2D eigenvalue weighted by Gasteiger charge is -2.38. The number of nitrogens with zero attached hydrogens (tertiary/aromatic N) is 3. The molecule has 1 amide bonds. The van der Waals surface area contributed by atoms with Gasteiger partial charge in [-0.2, -0.15) is 0 Å². The maximum absolute atomic E-state index is 12.7. The van der Waals surface area contributed by atoms with Gasteiger partial charge in [-0.3, -0.25) is 14.9 Å². The molecule has 152 valence electrons. The summed E-state index contributed by atoms with van der Waals surface area (Å²) >= 11 is 0. The number of benzene rings is 1. The summed E-state index contributed by atoms with van der Waals surface area (Å²) in [5.41, 5.74) is 0.600. The Bertz CT molecular complexity index is 750. The van der Waals surface area contributed by atoms with Gasteiger partial charge in [-0.25, -0.2) is 4.79 Å². The molecule has 2 atom stereocenters. The van der Waals surface area contributed by atoms with Crippen LogP contribution in [0.1, 0.15) is 56.3 Å². The SMILES string of the molecule is C[C@@H]1CCC[C@@H](C)N1C(=O)COC(=O)c1cc([N+](=O)[O-])ccc1N1CCCC1. The van der Waals surface area contributed by atoms with Crippen LogP contribution in [0.5, 0.6) is 0 Å². The lowest BCUT2D eigenvalue weighted by Crippen LogP contribution is -2.49. The number of likely N-dealkylation sites (tertiary alicyclic amines) is 1. The van der Waals surface area contributed by atoms with E-state index in [1.165, 1.54) is 12.1 Å². The van der Waals surface area contributed by atoms with Gasteiger partial charge in [-0.1, -0.05) is 0 Å². The van der Waals surface area contributed by atoms with E-state index in [4.69, 9.17) is 4.74 Å². The molecule has 1 aromatic carbocycles. The molecule has 0 aliphatic carbocycles. The lowest BCUT2D eigenvalue weighted by molar-refractivity contribution is -0.384. The molecular formula is C20H27N3O5. The smallest absolute Gasteiger partial charge is 0.341 e. The van der Waals surface area contributed by atoms with Crippen LogP contribution in [0.25, 0.3) is 0 Å². The minimum absolute atomic E-state index is 0.118. The second-order valence-electron chi connectivity index (χ2n) is 7.66. The highest BCUT2D eigenvalue weighted by Gasteiger charge is 2.30. The number of nitro groups is 1. The van der Waals surface area contributed by atoms with Gasteiger partial charge in [0.15, 0.2) is 6.61 Å². The zero-order valence-electron chi connectivity index (χ0n) is 16.4. The Balaban J connectivity index is 1.74. The van der Waals surface area contributed by atoms with Gasteiger partial charge >= 0.3 is 5.97 Å². The Hall–Kier alpha value is -2.64. The van der Waals surface area contributed by atoms with Crippen LogP contribution in [-0.4, -0.2) is 53.5 Å². The zero-order valence-corrected chi connectivity index (χ0v) is 16.4. The average Bonchev–Trinajstić information content (AvgIpc) is 3.20. The number of carbonyl (C=O) groups excluding carboxylic acids is 2. The molecule has 0 radical (unpaired) electrons. The summed E-state index contributed by atoms with van der Waals surface area (Å²) in [6.45, 7) is 5.23. The zero-order chi connectivity index (χ0) is 20.3. The molecule has 0 N–H and O–H groups in total. The fourth-order valence-electron chi connectivity index (χ4n) is 4.23. The second kappa shape index (κ2) is 8.58. The minimum Gasteiger partial charge on any atom is -0.452 e. The summed E-state index contributed by atoms with van der Waals surface area (Å²) in [6, 6.07) is 4.47. The van der Waals surface area contributed by atoms with Crippen LogP contribution < -0.4 is 4.90 Å². The van der Waals surface area contributed by atoms with Crippen molar-refractivity contribution in [2.75, 3.05) is 24.6 Å². The second-order valence-corrected chi connectivity index (χ2v) is 7.66. The number of rotatable bonds is 5. The lowest BCUT2D eigenvalue weighted by atomic mass is 9.97. The first kappa shape index (κ1) is 20.1. The molecule has 8 nitrogen and oxygen atoms in total. The number of non-ortho nitro benzene ring substituents is 1. The topological polar surface area (TPSA) is 93.0 Å². The van der Waals surface area contributed by atoms with E-state index in [2.05, 4.69) is 0 Å². The van der Waals surface area contributed by atoms with Gasteiger partial charge in [-0.15, -0.1) is 0 Å². The third-order valence-electron chi connectivity index (χ3n) is 5.67. The van der Waals surface area contributed by atoms with E-state index in [-0.39, 0.29) is 35.8 Å². The van der Waals surface area contributed by atoms with E-state index in [0.29, 0.717) is 5.69 Å². The van der Waals surface area contributed by atoms with Crippen molar-refractivity contribution in [1.82, 2.24) is 4.90 Å². The Morgan fingerprint density at radius 3 is 2.39 bits per heavy atom. The Morgan fingerprint density at radius 1 is 1.14 bits per heavy atom. The summed E-state index contributed by atoms with van der Waals surface area (Å²) < 4.78 is 5.30. The molecule has 0 saturated carbocycles. The van der Waals surface area contributed by atoms with Gasteiger partial charge in [-0.05, 0) is 52.0 Å². The highest BCUT2D eigenvalue weighted by molar-refractivity contribution is 5.98. The van der Waals surface area contributed by atoms with E-state index in [1.807, 2.05) is 18.7 Å². The van der Waals surface area contributed by atoms with Crippen LogP contribution in [-0.2, 0) is 9.53 Å². The van der Waals surface area contributed by atoms with Crippen LogP contribution in [0.15, 0.2) is 18.2 Å². The Morgan fingerprint density at radius 2 is 1.79 bits per heavy atom. The molecule has 3 rings (SSSR count). The number of ether oxygens (including phenoxy) is 1. The molecule has 2 saturated heterocycles. The highest BCUT2D eigenvalue weighted by atomic mass is 16.6. The van der Waals surface area contributed by atoms with Crippen molar-refractivity contribution in [2.45, 2.75) is 58.0 Å². The minimum atomic E-state index is -0.698. The fourth-order valence-corrected chi connectivity index (χ4v) is 4.23. The number of piperidine rings is 1. The average molecular weight is 389 g/mol. The van der Waals surface area contributed by atoms with Crippen LogP contribution in [0.4, 0.5) is 11.4 Å². The van der Waals surface area contributed by atoms with E-state index in [9.17, 15) is 19.7 Å². The number of anilines is 1. The van der Waals surface area contributed by atoms with Gasteiger partial charge in [0.25, 0.3) is 11.6 Å². The molecule has 0 aromatic heterocycles. The van der Waals surface area contributed by atoms with Crippen molar-refractivity contribution in [3.05, 3.63) is 33.9 Å². The number of nitro benzene ring substituents is 1. The summed E-state index contributed by atoms with van der Waals surface area (Å²) in [7, 11) is 0. The molecule has 2 aliphatic rings. The van der Waals surface area contributed by atoms with E-state index in [1.54, 1.807) is 11.0 Å². The third kappa shape index (κ3) is 4.26. The van der Waals surface area contributed by atoms with Crippen molar-refractivity contribution in [3.8, 4) is 0 Å². The summed E-state index contributed by atoms with van der Waals surface area (Å²) in [4.78, 5) is 39.7. The first-order valence-electron chi connectivity index (χ1n) is 9.90. The number of amides is 1. The summed E-state index contributed by atoms with van der Waals surface area (Å²) in [5.74, 6) is -0.919. The van der Waals surface area contributed by atoms with Crippen molar-refractivity contribution in [1.29, 1.82) is 0 Å². The van der Waals surface area contributed by atoms with E-state index in [0.717, 1.165) is 45.2 Å². The van der Waals surface area contributed by atoms with E-state index < -0.39 is 10.9 Å². The molecule has 0 spiro atoms. The molecule has 0 bridgehead atoms. The molecule has 28 heavy (non-hydrogen) atoms. The third-order valence-corrected chi connectivity index (χ3v) is 5.67. The van der Waals surface area contributed by atoms with Crippen molar-refractivity contribution >= 4 is 23.3 Å². The standard InChI is InChI=1S/C20H27N3O5/c1-14-6-5-7-15(2)22(14)19(24)13-28-20(25)17-12-16(23(26)27)8-9-18(17)21-10-3-4-11-21/h8-9,12,14-15H,3-7,10-11,13H2,1-2H3/t14-,15-/m1/s1. The van der Waals surface area contributed by atoms with Gasteiger partial charge in [0.1, 0.15) is 0 Å². The van der Waals surface area contributed by atoms with Gasteiger partial charge in [0, 0.05) is 37.3 Å². The van der Waals surface area contributed by atoms with E-state index >= 15 is 0 Å². The van der Waals surface area contributed by atoms with Gasteiger partial charge in [0.2, 0.25) is 0 Å². The van der Waals surface area contributed by atoms with Crippen molar-refractivity contribution in [3.63, 3.8) is 0 Å². The Labute approximate surface area is 164 Å². The quantitative estimate of drug-likeness (QED) is 0.436. The van der Waals surface area contributed by atoms with Crippen molar-refractivity contribution < 1.29 is 19.2 Å². The van der Waals surface area contributed by atoms with Crippen LogP contribution in [0.3, 0.4) is 0 Å². The fraction of sp³-hybridized carbons (Fsp3) is 0.600. The van der Waals surface area contributed by atoms with Gasteiger partial charge in [0.05, 0.1) is 16.2 Å². The molecule has 2 heterocycles. The summed E-state index contributed by atoms with van der Waals surface area (Å²) in [6.07, 6.45) is 4.98. The number of hydrogen-bond acceptors (Lipinski definition) is 6. The normalized spacial score (nSPS) is 22.2. The largest absolute Gasteiger partial charge is 0.452 e. The Kier molecular flexibility index (Phi) is 6.16. The summed E-state index contributed by atoms with van der Waals surface area (Å²) in [5, 5.41) is 11.1. The van der Waals surface area contributed by atoms with Crippen molar-refractivity contribution in [2.24, 2.45) is 0 Å². The van der Waals surface area contributed by atoms with Crippen LogP contribution in [0.2, 0.25) is 0 Å². The maximum Gasteiger partial charge on any atom is 0.341 e. The number of hydrogen-bond donors (Lipinski definition) is 0. The molecule has 2 fully saturated rings. The predicted octanol–water partition coefficient (Wildman–Crippen LogP) is 3.14. The van der Waals surface area contributed by atoms with Crippen LogP contribution in [0, 0.1) is 10.1 Å². The highest BCUT2D eigenvalue weighted by Crippen LogP contribution is 2.29. The number of carbonyl (C=O) groups is 2. The molecule has 2 aliphatic heterocycles. The first-order chi connectivity index (χ1) is 13.4. The van der Waals surface area contributed by atoms with Crippen LogP contribution >= 0.6 is 0 Å². The predicted molar refractivity (Wildman–Crippen MR) is 104 cm³/mol. The van der Waals surface area contributed by atoms with Gasteiger partial charge < -0.3 is 14.5 Å².